The number of amides is 14. The molecule has 1 aromatic heterocycles. The molecule has 102 heavy (non-hydrogen) atoms. The van der Waals surface area contributed by atoms with Crippen molar-refractivity contribution in [1.29, 1.82) is 0 Å². The Hall–Kier alpha value is -9.39. The Kier molecular flexibility index (Phi) is 38.7. The van der Waals surface area contributed by atoms with Gasteiger partial charge in [-0.1, -0.05) is 64.1 Å². The van der Waals surface area contributed by atoms with E-state index in [-0.39, 0.29) is 76.1 Å². The first-order valence-corrected chi connectivity index (χ1v) is 36.1. The highest BCUT2D eigenvalue weighted by Crippen LogP contribution is 2.21. The largest absolute Gasteiger partial charge is 0.481 e. The number of para-hydroxylation sites is 1. The minimum absolute atomic E-state index is 0.0478. The third-order valence-corrected chi connectivity index (χ3v) is 17.8. The Morgan fingerprint density at radius 3 is 1.81 bits per heavy atom. The van der Waals surface area contributed by atoms with E-state index in [1.165, 1.54) is 32.5 Å². The minimum Gasteiger partial charge on any atom is -0.481 e. The van der Waals surface area contributed by atoms with Gasteiger partial charge in [-0.15, -0.1) is 0 Å². The second kappa shape index (κ2) is 45.5. The van der Waals surface area contributed by atoms with Crippen LogP contribution < -0.4 is 81.0 Å². The fourth-order valence-corrected chi connectivity index (χ4v) is 11.5. The molecule has 0 spiro atoms. The fourth-order valence-electron chi connectivity index (χ4n) is 10.3. The molecule has 1 aliphatic rings. The normalized spacial score (nSPS) is 22.9. The van der Waals surface area contributed by atoms with E-state index in [9.17, 15) is 86.6 Å². The van der Waals surface area contributed by atoms with Crippen LogP contribution in [0.3, 0.4) is 0 Å². The molecule has 1 saturated heterocycles. The van der Waals surface area contributed by atoms with Crippen LogP contribution in [-0.4, -0.2) is 214 Å². The number of esters is 1. The zero-order valence-corrected chi connectivity index (χ0v) is 60.1. The molecule has 566 valence electrons. The summed E-state index contributed by atoms with van der Waals surface area (Å²) in [6.45, 7) is 8.42. The van der Waals surface area contributed by atoms with Crippen molar-refractivity contribution in [3.8, 4) is 0 Å². The van der Waals surface area contributed by atoms with Crippen molar-refractivity contribution in [3.05, 3.63) is 36.0 Å². The van der Waals surface area contributed by atoms with Crippen molar-refractivity contribution in [3.63, 3.8) is 0 Å². The Morgan fingerprint density at radius 2 is 1.21 bits per heavy atom. The zero-order valence-electron chi connectivity index (χ0n) is 58.5. The molecule has 0 saturated carbocycles. The molecular formula is C65H100N16O19S2. The van der Waals surface area contributed by atoms with Gasteiger partial charge in [-0.3, -0.25) is 81.5 Å². The number of benzene rings is 1. The zero-order chi connectivity index (χ0) is 76.2. The number of thioether (sulfide) groups is 2. The van der Waals surface area contributed by atoms with Gasteiger partial charge in [0.25, 0.3) is 0 Å². The van der Waals surface area contributed by atoms with Gasteiger partial charge in [-0.2, -0.15) is 11.8 Å². The van der Waals surface area contributed by atoms with E-state index < -0.39 is 223 Å². The van der Waals surface area contributed by atoms with Gasteiger partial charge in [0.05, 0.1) is 26.0 Å². The molecule has 1 aliphatic heterocycles. The molecule has 0 bridgehead atoms. The lowest BCUT2D eigenvalue weighted by Gasteiger charge is -2.28. The summed E-state index contributed by atoms with van der Waals surface area (Å²) in [6, 6.07) is -8.97. The number of nitrogens with one attached hydrogen (secondary N) is 13. The van der Waals surface area contributed by atoms with E-state index in [0.29, 0.717) is 22.9 Å². The maximum atomic E-state index is 14.8. The number of hydrogen-bond acceptors (Lipinski definition) is 21. The number of carboxylic acids is 1. The number of rotatable bonds is 28. The summed E-state index contributed by atoms with van der Waals surface area (Å²) in [6.07, 6.45) is -0.966. The van der Waals surface area contributed by atoms with Gasteiger partial charge >= 0.3 is 11.9 Å². The molecule has 3 rings (SSSR count). The van der Waals surface area contributed by atoms with Gasteiger partial charge in [0.1, 0.15) is 60.4 Å². The molecule has 1 fully saturated rings. The molecular weight excluding hydrogens is 1370 g/mol. The Labute approximate surface area is 599 Å². The topological polar surface area (TPSA) is 558 Å². The molecule has 37 heteroatoms. The highest BCUT2D eigenvalue weighted by Gasteiger charge is 2.38. The number of fused-ring (bicyclic) bond motifs is 1. The van der Waals surface area contributed by atoms with Gasteiger partial charge in [-0.25, -0.2) is 0 Å². The maximum absolute atomic E-state index is 14.8. The molecule has 1 aromatic carbocycles. The Morgan fingerprint density at radius 1 is 0.618 bits per heavy atom. The van der Waals surface area contributed by atoms with Crippen LogP contribution in [0.15, 0.2) is 30.5 Å². The number of ether oxygens (including phenoxy) is 1. The molecule has 3 unspecified atom stereocenters. The fraction of sp³-hybridized carbons (Fsp3) is 0.615. The first kappa shape index (κ1) is 86.8. The van der Waals surface area contributed by atoms with Gasteiger partial charge < -0.3 is 95.8 Å². The van der Waals surface area contributed by atoms with Gasteiger partial charge in [0.15, 0.2) is 5.12 Å². The third-order valence-electron chi connectivity index (χ3n) is 16.2. The number of nitrogens with two attached hydrogens (primary N) is 3. The summed E-state index contributed by atoms with van der Waals surface area (Å²) < 4.78 is 4.89. The van der Waals surface area contributed by atoms with Crippen LogP contribution in [0, 0.1) is 11.8 Å². The van der Waals surface area contributed by atoms with Crippen molar-refractivity contribution < 1.29 is 91.4 Å². The first-order valence-electron chi connectivity index (χ1n) is 33.7. The van der Waals surface area contributed by atoms with Crippen LogP contribution in [0.4, 0.5) is 0 Å². The predicted molar refractivity (Wildman–Crippen MR) is 375 cm³/mol. The van der Waals surface area contributed by atoms with Crippen LogP contribution in [0.1, 0.15) is 137 Å². The predicted octanol–water partition coefficient (Wildman–Crippen LogP) is -3.20. The van der Waals surface area contributed by atoms with E-state index in [4.69, 9.17) is 21.9 Å². The minimum atomic E-state index is -1.81. The van der Waals surface area contributed by atoms with Gasteiger partial charge in [-0.05, 0) is 101 Å². The molecule has 2 aromatic rings. The number of carbonyl (C=O) groups is 17. The summed E-state index contributed by atoms with van der Waals surface area (Å²) >= 11 is 2.07. The molecule has 2 heterocycles. The molecule has 0 radical (unpaired) electrons. The summed E-state index contributed by atoms with van der Waals surface area (Å²) in [7, 11) is 0. The lowest BCUT2D eigenvalue weighted by atomic mass is 9.97. The molecule has 11 atom stereocenters. The van der Waals surface area contributed by atoms with Crippen LogP contribution >= 0.6 is 23.5 Å². The lowest BCUT2D eigenvalue weighted by Crippen LogP contribution is -2.61. The number of carbonyl (C=O) groups excluding carboxylic acids is 16. The van der Waals surface area contributed by atoms with Crippen molar-refractivity contribution in [2.24, 2.45) is 29.0 Å². The first-order chi connectivity index (χ1) is 48.3. The third kappa shape index (κ3) is 31.2. The van der Waals surface area contributed by atoms with Crippen molar-refractivity contribution >= 4 is 134 Å². The second-order valence-electron chi connectivity index (χ2n) is 24.7. The molecule has 14 amide bonds. The smallest absolute Gasteiger partial charge is 0.306 e. The lowest BCUT2D eigenvalue weighted by molar-refractivity contribution is -0.142. The summed E-state index contributed by atoms with van der Waals surface area (Å²) in [5.41, 5.74) is 17.9. The van der Waals surface area contributed by atoms with Crippen LogP contribution in [-0.2, 0) is 92.7 Å². The number of aromatic nitrogens is 1. The Bertz CT molecular complexity index is 3280. The summed E-state index contributed by atoms with van der Waals surface area (Å²) in [4.78, 5) is 235. The molecule has 35 nitrogen and oxygen atoms in total. The van der Waals surface area contributed by atoms with Crippen molar-refractivity contribution in [2.45, 2.75) is 198 Å². The summed E-state index contributed by atoms with van der Waals surface area (Å²) in [5, 5.41) is 40.0. The maximum Gasteiger partial charge on any atom is 0.306 e. The van der Waals surface area contributed by atoms with E-state index in [0.717, 1.165) is 11.8 Å². The number of unbranched alkanes of at least 4 members (excludes halogenated alkanes) is 1. The number of carboxylic acid groups (broad SMARTS) is 1. The average Bonchev–Trinajstić information content (AvgIpc) is 1.63. The average molecular weight is 1470 g/mol. The number of aromatic amines is 1. The van der Waals surface area contributed by atoms with E-state index >= 15 is 0 Å². The highest BCUT2D eigenvalue weighted by atomic mass is 32.2. The number of aliphatic carboxylic acids is 1. The summed E-state index contributed by atoms with van der Waals surface area (Å²) in [5.74, 6) is -17.1. The van der Waals surface area contributed by atoms with Crippen LogP contribution in [0.2, 0.25) is 0 Å². The number of H-pyrrole nitrogens is 1. The SMILES string of the molecule is CCOC(=O)CCSC(=O)CCNC(=O)C1CCC(=O)NC([C@@H](C)CC)C(=O)N[C@@H](CC(N)=O)C(=O)NC(CCSC)C(=O)N[C@@H](Cc2c[nH]c3ccccc23)C(=O)N[C@@H](CCC(N)=O)C(=O)N[C@@H](CCC(=O)O)C(=O)N[C@@H](C(C)C)C(=O)NCC(=O)N[C@@H](CCCCN)C(=O)N[C@@H](C)C(=O)N1. The monoisotopic (exact) mass is 1470 g/mol. The Balaban J connectivity index is 2.22. The van der Waals surface area contributed by atoms with Crippen LogP contribution in [0.5, 0.6) is 0 Å². The van der Waals surface area contributed by atoms with Gasteiger partial charge in [0.2, 0.25) is 82.7 Å². The quantitative estimate of drug-likeness (QED) is 0.0295. The number of primary amides is 2. The second-order valence-corrected chi connectivity index (χ2v) is 26.8. The van der Waals surface area contributed by atoms with Crippen LogP contribution in [0.25, 0.3) is 10.9 Å². The number of hydrogen-bond donors (Lipinski definition) is 17. The van der Waals surface area contributed by atoms with Crippen molar-refractivity contribution in [2.75, 3.05) is 44.0 Å². The van der Waals surface area contributed by atoms with E-state index in [1.807, 2.05) is 0 Å². The van der Waals surface area contributed by atoms with E-state index in [2.05, 4.69) is 68.8 Å². The molecule has 20 N–H and O–H groups in total. The highest BCUT2D eigenvalue weighted by molar-refractivity contribution is 8.13. The van der Waals surface area contributed by atoms with Gasteiger partial charge in [0, 0.05) is 61.5 Å². The van der Waals surface area contributed by atoms with E-state index in [1.54, 1.807) is 57.5 Å². The standard InChI is InChI=1S/C65H100N16O19S2/c1-8-35(5)55-65(99)79-46(31-48(68)83)63(97)77-44(24-28-101-7)60(94)78-45(30-37-32-70-39-15-11-10-14-38(37)39)62(96)76-42(17-20-47(67)82)59(93)75-43(19-22-51(86)87)61(95)81-54(34(3)4)64(98)71-33-50(85)73-40(16-12-13-26-66)58(92)72-36(6)56(90)74-41(18-21-49(84)80-55)57(91)69-27-23-53(89)102-29-25-52(88)100-9-2/h10-11,14-15,32,34-36,40-46,54-55,70H,8-9,12-13,16-31,33,66H2,1-7H3,(H2,67,82)(H2,68,83)(H,69,91)(H,71,98)(H,72,92)(H,73,85)(H,74,90)(H,75,93)(H,76,96)(H,77,97)(H,78,94)(H,79,99)(H,80,84)(H,81,95)(H,86,87)/t35-,36-,40-,41?,42-,43-,44?,45-,46-,54-,55?/m0/s1. The molecule has 0 aliphatic carbocycles. The van der Waals surface area contributed by atoms with Crippen molar-refractivity contribution in [1.82, 2.24) is 68.8 Å².